The van der Waals surface area contributed by atoms with Gasteiger partial charge in [0.25, 0.3) is 0 Å². The Morgan fingerprint density at radius 3 is 2.62 bits per heavy atom. The van der Waals surface area contributed by atoms with Crippen LogP contribution in [0.15, 0.2) is 11.6 Å². The van der Waals surface area contributed by atoms with E-state index in [1.807, 2.05) is 0 Å². The van der Waals surface area contributed by atoms with Gasteiger partial charge in [0.05, 0.1) is 5.60 Å². The molecule has 3 saturated carbocycles. The van der Waals surface area contributed by atoms with Crippen LogP contribution >= 0.6 is 0 Å². The lowest BCUT2D eigenvalue weighted by molar-refractivity contribution is -0.178. The molecule has 3 fully saturated rings. The quantitative estimate of drug-likeness (QED) is 0.596. The first-order valence-electron chi connectivity index (χ1n) is 10.6. The minimum absolute atomic E-state index is 0.00564. The summed E-state index contributed by atoms with van der Waals surface area (Å²) in [6, 6.07) is 0. The van der Waals surface area contributed by atoms with Crippen LogP contribution in [0.5, 0.6) is 0 Å². The molecule has 0 radical (unpaired) electrons. The number of esters is 1. The molecular formula is C22H30O7. The van der Waals surface area contributed by atoms with E-state index in [1.165, 1.54) is 6.92 Å². The zero-order valence-corrected chi connectivity index (χ0v) is 17.0. The topological polar surface area (TPSA) is 121 Å². The van der Waals surface area contributed by atoms with Crippen molar-refractivity contribution in [3.63, 3.8) is 0 Å². The van der Waals surface area contributed by atoms with E-state index in [0.29, 0.717) is 19.3 Å². The summed E-state index contributed by atoms with van der Waals surface area (Å²) in [5.41, 5.74) is -1.85. The maximum atomic E-state index is 12.2. The molecule has 0 saturated heterocycles. The molecule has 0 aromatic heterocycles. The standard InChI is InChI=1S/C22H30O7/c1-11(24)29-18-6-13-8-22(28,19(26)10-23)9-16(13)15-4-3-12-5-14(25)7-17(12)21(2,27)20(15)18/h5,13,15-18,20,23,27-28H,3-4,6-10H2,1-2H3/t13-,15-,16+,17-,18-,20+,21+,22-/m1/s1. The van der Waals surface area contributed by atoms with E-state index in [-0.39, 0.29) is 54.6 Å². The number of carbonyl (C=O) groups excluding carboxylic acids is 3. The third-order valence-electron chi connectivity index (χ3n) is 8.05. The van der Waals surface area contributed by atoms with Crippen LogP contribution in [0.25, 0.3) is 0 Å². The fourth-order valence-electron chi connectivity index (χ4n) is 6.98. The van der Waals surface area contributed by atoms with Gasteiger partial charge in [-0.3, -0.25) is 14.4 Å². The second kappa shape index (κ2) is 7.00. The number of ketones is 2. The number of fused-ring (bicyclic) bond motifs is 4. The number of aliphatic hydroxyl groups excluding tert-OH is 1. The van der Waals surface area contributed by atoms with Crippen LogP contribution in [0.3, 0.4) is 0 Å². The molecule has 4 aliphatic carbocycles. The molecule has 0 spiro atoms. The lowest BCUT2D eigenvalue weighted by atomic mass is 9.59. The SMILES string of the molecule is CC(=O)O[C@@H]1C[C@@H]2C[C@](O)(C(=O)CO)C[C@@H]2[C@H]2CCC3=CC(=O)C[C@H]3[C@](C)(O)[C@@H]21. The number of hydrogen-bond acceptors (Lipinski definition) is 7. The Balaban J connectivity index is 1.73. The van der Waals surface area contributed by atoms with Crippen LogP contribution in [0.4, 0.5) is 0 Å². The van der Waals surface area contributed by atoms with Crippen molar-refractivity contribution in [3.8, 4) is 0 Å². The van der Waals surface area contributed by atoms with Crippen LogP contribution in [-0.4, -0.2) is 56.8 Å². The van der Waals surface area contributed by atoms with Crippen LogP contribution in [0.1, 0.15) is 52.4 Å². The zero-order chi connectivity index (χ0) is 21.1. The first-order valence-corrected chi connectivity index (χ1v) is 10.6. The Kier molecular flexibility index (Phi) is 4.99. The van der Waals surface area contributed by atoms with Crippen LogP contribution < -0.4 is 0 Å². The van der Waals surface area contributed by atoms with E-state index >= 15 is 0 Å². The average molecular weight is 406 g/mol. The van der Waals surface area contributed by atoms with Crippen LogP contribution in [-0.2, 0) is 19.1 Å². The van der Waals surface area contributed by atoms with Crippen molar-refractivity contribution in [2.75, 3.05) is 6.61 Å². The van der Waals surface area contributed by atoms with E-state index in [9.17, 15) is 29.7 Å². The summed E-state index contributed by atoms with van der Waals surface area (Å²) in [7, 11) is 0. The van der Waals surface area contributed by atoms with E-state index < -0.39 is 35.7 Å². The smallest absolute Gasteiger partial charge is 0.302 e. The lowest BCUT2D eigenvalue weighted by Crippen LogP contribution is -2.55. The molecule has 0 heterocycles. The van der Waals surface area contributed by atoms with Gasteiger partial charge in [-0.05, 0) is 62.9 Å². The van der Waals surface area contributed by atoms with Crippen molar-refractivity contribution in [2.45, 2.75) is 69.7 Å². The summed E-state index contributed by atoms with van der Waals surface area (Å²) in [5, 5.41) is 31.9. The average Bonchev–Trinajstić information content (AvgIpc) is 3.15. The summed E-state index contributed by atoms with van der Waals surface area (Å²) < 4.78 is 5.67. The molecule has 0 bridgehead atoms. The highest BCUT2D eigenvalue weighted by Crippen LogP contribution is 2.59. The van der Waals surface area contributed by atoms with Crippen molar-refractivity contribution in [1.29, 1.82) is 0 Å². The monoisotopic (exact) mass is 406 g/mol. The zero-order valence-electron chi connectivity index (χ0n) is 17.0. The summed E-state index contributed by atoms with van der Waals surface area (Å²) in [5.74, 6) is -1.72. The number of rotatable bonds is 3. The Hall–Kier alpha value is -1.57. The van der Waals surface area contributed by atoms with Gasteiger partial charge >= 0.3 is 5.97 Å². The van der Waals surface area contributed by atoms with Crippen molar-refractivity contribution in [2.24, 2.45) is 29.6 Å². The molecule has 7 nitrogen and oxygen atoms in total. The predicted molar refractivity (Wildman–Crippen MR) is 101 cm³/mol. The van der Waals surface area contributed by atoms with Crippen molar-refractivity contribution >= 4 is 17.5 Å². The first-order chi connectivity index (χ1) is 13.6. The lowest BCUT2D eigenvalue weighted by Gasteiger charge is -2.50. The fourth-order valence-corrected chi connectivity index (χ4v) is 6.98. The molecule has 0 amide bonds. The number of aliphatic hydroxyl groups is 3. The van der Waals surface area contributed by atoms with Gasteiger partial charge < -0.3 is 20.1 Å². The summed E-state index contributed by atoms with van der Waals surface area (Å²) >= 11 is 0. The summed E-state index contributed by atoms with van der Waals surface area (Å²) in [6.07, 6.45) is 3.72. The van der Waals surface area contributed by atoms with Crippen molar-refractivity contribution < 1.29 is 34.4 Å². The fraction of sp³-hybridized carbons (Fsp3) is 0.773. The van der Waals surface area contributed by atoms with Gasteiger partial charge in [0.2, 0.25) is 0 Å². The highest BCUT2D eigenvalue weighted by Gasteiger charge is 2.62. The number of ether oxygens (including phenoxy) is 1. The van der Waals surface area contributed by atoms with Gasteiger partial charge in [0, 0.05) is 25.2 Å². The number of hydrogen-bond donors (Lipinski definition) is 3. The molecule has 7 heteroatoms. The molecule has 0 aromatic carbocycles. The second-order valence-electron chi connectivity index (χ2n) is 9.73. The summed E-state index contributed by atoms with van der Waals surface area (Å²) in [6.45, 7) is 2.38. The van der Waals surface area contributed by atoms with Gasteiger partial charge in [-0.1, -0.05) is 5.57 Å². The van der Waals surface area contributed by atoms with Gasteiger partial charge in [0.15, 0.2) is 11.6 Å². The molecule has 4 aliphatic rings. The summed E-state index contributed by atoms with van der Waals surface area (Å²) in [4.78, 5) is 36.1. The highest BCUT2D eigenvalue weighted by atomic mass is 16.5. The Bertz CT molecular complexity index is 769. The Morgan fingerprint density at radius 2 is 1.97 bits per heavy atom. The Labute approximate surface area is 170 Å². The van der Waals surface area contributed by atoms with E-state index in [4.69, 9.17) is 4.74 Å². The van der Waals surface area contributed by atoms with E-state index in [2.05, 4.69) is 0 Å². The number of allylic oxidation sites excluding steroid dienone is 1. The number of Topliss-reactive ketones (excluding diaryl/α,β-unsaturated/α-hetero) is 1. The van der Waals surface area contributed by atoms with Crippen LogP contribution in [0, 0.1) is 29.6 Å². The molecule has 0 unspecified atom stereocenters. The maximum Gasteiger partial charge on any atom is 0.302 e. The normalized spacial score (nSPS) is 46.2. The third-order valence-corrected chi connectivity index (χ3v) is 8.05. The van der Waals surface area contributed by atoms with Crippen molar-refractivity contribution in [1.82, 2.24) is 0 Å². The molecule has 0 aliphatic heterocycles. The molecule has 4 rings (SSSR count). The Morgan fingerprint density at radius 1 is 1.24 bits per heavy atom. The second-order valence-corrected chi connectivity index (χ2v) is 9.73. The molecule has 160 valence electrons. The van der Waals surface area contributed by atoms with Crippen LogP contribution in [0.2, 0.25) is 0 Å². The molecule has 29 heavy (non-hydrogen) atoms. The largest absolute Gasteiger partial charge is 0.462 e. The van der Waals surface area contributed by atoms with Gasteiger partial charge in [0.1, 0.15) is 18.3 Å². The van der Waals surface area contributed by atoms with Crippen molar-refractivity contribution in [3.05, 3.63) is 11.6 Å². The minimum atomic E-state index is -1.57. The number of carbonyl (C=O) groups is 3. The van der Waals surface area contributed by atoms with Gasteiger partial charge in [-0.15, -0.1) is 0 Å². The maximum absolute atomic E-state index is 12.2. The highest BCUT2D eigenvalue weighted by molar-refractivity contribution is 5.93. The van der Waals surface area contributed by atoms with Gasteiger partial charge in [-0.25, -0.2) is 0 Å². The predicted octanol–water partition coefficient (Wildman–Crippen LogP) is 0.933. The molecule has 8 atom stereocenters. The van der Waals surface area contributed by atoms with Gasteiger partial charge in [-0.2, -0.15) is 0 Å². The minimum Gasteiger partial charge on any atom is -0.462 e. The van der Waals surface area contributed by atoms with E-state index in [1.54, 1.807) is 13.0 Å². The molecular weight excluding hydrogens is 376 g/mol. The first kappa shape index (κ1) is 20.7. The van der Waals surface area contributed by atoms with E-state index in [0.717, 1.165) is 5.57 Å². The molecule has 3 N–H and O–H groups in total. The third kappa shape index (κ3) is 3.27. The molecule has 0 aromatic rings.